The van der Waals surface area contributed by atoms with Crippen LogP contribution in [0.25, 0.3) is 0 Å². The first-order valence-electron chi connectivity index (χ1n) is 7.63. The summed E-state index contributed by atoms with van der Waals surface area (Å²) < 4.78 is 5.22. The third-order valence-corrected chi connectivity index (χ3v) is 4.97. The lowest BCUT2D eigenvalue weighted by atomic mass is 10.00. The zero-order chi connectivity index (χ0) is 16.2. The molecular formula is C18H20N2O2S. The fourth-order valence-corrected chi connectivity index (χ4v) is 3.64. The number of carbonyl (C=O) groups is 1. The Morgan fingerprint density at radius 1 is 1.30 bits per heavy atom. The maximum absolute atomic E-state index is 12.6. The van der Waals surface area contributed by atoms with Gasteiger partial charge in [0.15, 0.2) is 0 Å². The highest BCUT2D eigenvalue weighted by molar-refractivity contribution is 8.00. The first-order valence-corrected chi connectivity index (χ1v) is 8.62. The minimum atomic E-state index is 0.115. The molecule has 0 aliphatic carbocycles. The van der Waals surface area contributed by atoms with Gasteiger partial charge in [-0.05, 0) is 48.7 Å². The number of thioether (sulfide) groups is 1. The van der Waals surface area contributed by atoms with E-state index >= 15 is 0 Å². The van der Waals surface area contributed by atoms with Gasteiger partial charge in [0.05, 0.1) is 12.9 Å². The Balaban J connectivity index is 1.71. The molecule has 5 heteroatoms. The molecule has 0 bridgehead atoms. The van der Waals surface area contributed by atoms with Gasteiger partial charge in [-0.3, -0.25) is 4.79 Å². The summed E-state index contributed by atoms with van der Waals surface area (Å²) in [4.78, 5) is 15.5. The van der Waals surface area contributed by atoms with E-state index in [1.807, 2.05) is 47.4 Å². The molecule has 2 N–H and O–H groups in total. The van der Waals surface area contributed by atoms with Gasteiger partial charge in [-0.25, -0.2) is 0 Å². The summed E-state index contributed by atoms with van der Waals surface area (Å²) in [6, 6.07) is 13.6. The SMILES string of the molecule is COc1cccc(SCC(=O)N2CCCc3c(N)cccc32)c1. The van der Waals surface area contributed by atoms with Gasteiger partial charge >= 0.3 is 0 Å². The average molecular weight is 328 g/mol. The number of nitrogens with zero attached hydrogens (tertiary/aromatic N) is 1. The lowest BCUT2D eigenvalue weighted by molar-refractivity contribution is -0.116. The summed E-state index contributed by atoms with van der Waals surface area (Å²) in [5.41, 5.74) is 8.88. The molecule has 0 atom stereocenters. The molecular weight excluding hydrogens is 308 g/mol. The van der Waals surface area contributed by atoms with Crippen molar-refractivity contribution in [3.8, 4) is 5.75 Å². The Hall–Kier alpha value is -2.14. The van der Waals surface area contributed by atoms with Gasteiger partial charge in [0, 0.05) is 22.8 Å². The molecule has 120 valence electrons. The quantitative estimate of drug-likeness (QED) is 0.691. The fraction of sp³-hybridized carbons (Fsp3) is 0.278. The van der Waals surface area contributed by atoms with E-state index in [2.05, 4.69) is 0 Å². The molecule has 1 heterocycles. The highest BCUT2D eigenvalue weighted by Crippen LogP contribution is 2.32. The summed E-state index contributed by atoms with van der Waals surface area (Å²) in [6.45, 7) is 0.758. The minimum Gasteiger partial charge on any atom is -0.497 e. The van der Waals surface area contributed by atoms with E-state index < -0.39 is 0 Å². The van der Waals surface area contributed by atoms with Gasteiger partial charge in [0.25, 0.3) is 0 Å². The first kappa shape index (κ1) is 15.7. The first-order chi connectivity index (χ1) is 11.2. The molecule has 0 radical (unpaired) electrons. The molecule has 1 aliphatic heterocycles. The number of ether oxygens (including phenoxy) is 1. The molecule has 0 saturated carbocycles. The van der Waals surface area contributed by atoms with Crippen LogP contribution in [0.1, 0.15) is 12.0 Å². The van der Waals surface area contributed by atoms with Crippen LogP contribution in [0.15, 0.2) is 47.4 Å². The standard InChI is InChI=1S/C18H20N2O2S/c1-22-13-5-2-6-14(11-13)23-12-18(21)20-10-4-7-15-16(19)8-3-9-17(15)20/h2-3,5-6,8-9,11H,4,7,10,12,19H2,1H3. The highest BCUT2D eigenvalue weighted by atomic mass is 32.2. The smallest absolute Gasteiger partial charge is 0.237 e. The van der Waals surface area contributed by atoms with Crippen molar-refractivity contribution in [2.24, 2.45) is 0 Å². The van der Waals surface area contributed by atoms with E-state index in [0.717, 1.165) is 47.0 Å². The molecule has 3 rings (SSSR count). The number of hydrogen-bond acceptors (Lipinski definition) is 4. The van der Waals surface area contributed by atoms with Crippen LogP contribution >= 0.6 is 11.8 Å². The van der Waals surface area contributed by atoms with E-state index in [1.54, 1.807) is 7.11 Å². The van der Waals surface area contributed by atoms with E-state index in [1.165, 1.54) is 11.8 Å². The van der Waals surface area contributed by atoms with Crippen LogP contribution < -0.4 is 15.4 Å². The van der Waals surface area contributed by atoms with Crippen molar-refractivity contribution < 1.29 is 9.53 Å². The lowest BCUT2D eigenvalue weighted by Gasteiger charge is -2.30. The van der Waals surface area contributed by atoms with Crippen molar-refractivity contribution in [3.05, 3.63) is 48.0 Å². The zero-order valence-electron chi connectivity index (χ0n) is 13.1. The number of benzene rings is 2. The largest absolute Gasteiger partial charge is 0.497 e. The van der Waals surface area contributed by atoms with Gasteiger partial charge < -0.3 is 15.4 Å². The van der Waals surface area contributed by atoms with Gasteiger partial charge in [0.1, 0.15) is 5.75 Å². The van der Waals surface area contributed by atoms with E-state index in [4.69, 9.17) is 10.5 Å². The third-order valence-electron chi connectivity index (χ3n) is 3.99. The van der Waals surface area contributed by atoms with Crippen molar-refractivity contribution in [2.45, 2.75) is 17.7 Å². The molecule has 0 saturated heterocycles. The number of nitrogens with two attached hydrogens (primary N) is 1. The predicted octanol–water partition coefficient (Wildman–Crippen LogP) is 3.35. The summed E-state index contributed by atoms with van der Waals surface area (Å²) in [6.07, 6.45) is 1.89. The highest BCUT2D eigenvalue weighted by Gasteiger charge is 2.23. The van der Waals surface area contributed by atoms with E-state index in [9.17, 15) is 4.79 Å². The Bertz CT molecular complexity index is 718. The molecule has 1 amide bonds. The van der Waals surface area contributed by atoms with Gasteiger partial charge in [-0.2, -0.15) is 0 Å². The number of methoxy groups -OCH3 is 1. The van der Waals surface area contributed by atoms with E-state index in [0.29, 0.717) is 5.75 Å². The number of rotatable bonds is 4. The monoisotopic (exact) mass is 328 g/mol. The molecule has 23 heavy (non-hydrogen) atoms. The Morgan fingerprint density at radius 2 is 2.13 bits per heavy atom. The number of nitrogen functional groups attached to an aromatic ring is 1. The summed E-state index contributed by atoms with van der Waals surface area (Å²) in [5, 5.41) is 0. The van der Waals surface area contributed by atoms with E-state index in [-0.39, 0.29) is 5.91 Å². The summed E-state index contributed by atoms with van der Waals surface area (Å²) in [7, 11) is 1.64. The number of anilines is 2. The van der Waals surface area contributed by atoms with Crippen molar-refractivity contribution in [1.82, 2.24) is 0 Å². The number of amides is 1. The molecule has 0 fully saturated rings. The maximum Gasteiger partial charge on any atom is 0.237 e. The van der Waals surface area contributed by atoms with Crippen LogP contribution in [0.2, 0.25) is 0 Å². The third kappa shape index (κ3) is 3.45. The zero-order valence-corrected chi connectivity index (χ0v) is 13.9. The minimum absolute atomic E-state index is 0.115. The molecule has 2 aromatic rings. The van der Waals surface area contributed by atoms with Crippen molar-refractivity contribution in [3.63, 3.8) is 0 Å². The van der Waals surface area contributed by atoms with Gasteiger partial charge in [0.2, 0.25) is 5.91 Å². The average Bonchev–Trinajstić information content (AvgIpc) is 2.60. The van der Waals surface area contributed by atoms with Crippen LogP contribution in [0.4, 0.5) is 11.4 Å². The lowest BCUT2D eigenvalue weighted by Crippen LogP contribution is -2.36. The maximum atomic E-state index is 12.6. The second-order valence-corrected chi connectivity index (χ2v) is 6.51. The molecule has 4 nitrogen and oxygen atoms in total. The second-order valence-electron chi connectivity index (χ2n) is 5.46. The van der Waals surface area contributed by atoms with Crippen molar-refractivity contribution in [2.75, 3.05) is 30.0 Å². The molecule has 2 aromatic carbocycles. The van der Waals surface area contributed by atoms with Crippen molar-refractivity contribution >= 4 is 29.0 Å². The second kappa shape index (κ2) is 6.96. The van der Waals surface area contributed by atoms with Crippen molar-refractivity contribution in [1.29, 1.82) is 0 Å². The van der Waals surface area contributed by atoms with Crippen LogP contribution in [0, 0.1) is 0 Å². The van der Waals surface area contributed by atoms with Crippen LogP contribution in [-0.2, 0) is 11.2 Å². The topological polar surface area (TPSA) is 55.6 Å². The van der Waals surface area contributed by atoms with Crippen LogP contribution in [0.3, 0.4) is 0 Å². The molecule has 0 unspecified atom stereocenters. The number of fused-ring (bicyclic) bond motifs is 1. The summed E-state index contributed by atoms with van der Waals surface area (Å²) >= 11 is 1.53. The van der Waals surface area contributed by atoms with Crippen LogP contribution in [0.5, 0.6) is 5.75 Å². The Morgan fingerprint density at radius 3 is 2.96 bits per heavy atom. The van der Waals surface area contributed by atoms with Gasteiger partial charge in [-0.15, -0.1) is 11.8 Å². The number of carbonyl (C=O) groups excluding carboxylic acids is 1. The van der Waals surface area contributed by atoms with Gasteiger partial charge in [-0.1, -0.05) is 12.1 Å². The summed E-state index contributed by atoms with van der Waals surface area (Å²) in [5.74, 6) is 1.32. The number of hydrogen-bond donors (Lipinski definition) is 1. The molecule has 1 aliphatic rings. The van der Waals surface area contributed by atoms with Crippen LogP contribution in [-0.4, -0.2) is 25.3 Å². The molecule has 0 aromatic heterocycles. The molecule has 0 spiro atoms. The Kier molecular flexibility index (Phi) is 4.76. The Labute approximate surface area is 140 Å². The normalized spacial score (nSPS) is 13.5. The predicted molar refractivity (Wildman–Crippen MR) is 95.2 cm³/mol. The fourth-order valence-electron chi connectivity index (χ4n) is 2.82.